The molecule has 1 aliphatic carbocycles. The lowest BCUT2D eigenvalue weighted by molar-refractivity contribution is -0.114. The Hall–Kier alpha value is -0.910. The van der Waals surface area contributed by atoms with Crippen molar-refractivity contribution in [1.82, 2.24) is 4.90 Å². The van der Waals surface area contributed by atoms with Gasteiger partial charge in [-0.3, -0.25) is 9.69 Å². The summed E-state index contributed by atoms with van der Waals surface area (Å²) in [5, 5.41) is 12.6. The molecule has 4 nitrogen and oxygen atoms in total. The third-order valence-corrected chi connectivity index (χ3v) is 4.95. The van der Waals surface area contributed by atoms with Gasteiger partial charge in [-0.05, 0) is 72.8 Å². The summed E-state index contributed by atoms with van der Waals surface area (Å²) < 4.78 is 0.921. The van der Waals surface area contributed by atoms with Gasteiger partial charge in [0.15, 0.2) is 0 Å². The van der Waals surface area contributed by atoms with Crippen molar-refractivity contribution in [1.29, 1.82) is 0 Å². The maximum Gasteiger partial charge on any atom is 0.221 e. The lowest BCUT2D eigenvalue weighted by Crippen LogP contribution is -2.36. The van der Waals surface area contributed by atoms with Crippen LogP contribution in [0.4, 0.5) is 5.69 Å². The van der Waals surface area contributed by atoms with Crippen LogP contribution >= 0.6 is 15.9 Å². The second kappa shape index (κ2) is 7.57. The standard InChI is InChI=1S/C17H25BrN2O2/c1-11-8-13(17(16(18)9-11)19-12(2)21)10-20(3)14-4-6-15(22)7-5-14/h8-9,14-15,22H,4-7,10H2,1-3H3,(H,19,21)/t14-,15-. The van der Waals surface area contributed by atoms with Crippen LogP contribution in [0.5, 0.6) is 0 Å². The van der Waals surface area contributed by atoms with Crippen LogP contribution in [0.25, 0.3) is 0 Å². The number of hydrogen-bond donors (Lipinski definition) is 2. The molecule has 0 saturated heterocycles. The van der Waals surface area contributed by atoms with Crippen LogP contribution in [-0.4, -0.2) is 35.1 Å². The number of aliphatic hydroxyl groups excluding tert-OH is 1. The first-order valence-electron chi connectivity index (χ1n) is 7.81. The Labute approximate surface area is 141 Å². The van der Waals surface area contributed by atoms with Crippen molar-refractivity contribution >= 4 is 27.5 Å². The van der Waals surface area contributed by atoms with Gasteiger partial charge in [0.2, 0.25) is 5.91 Å². The number of anilines is 1. The summed E-state index contributed by atoms with van der Waals surface area (Å²) in [7, 11) is 2.12. The van der Waals surface area contributed by atoms with Crippen LogP contribution < -0.4 is 5.32 Å². The largest absolute Gasteiger partial charge is 0.393 e. The number of hydrogen-bond acceptors (Lipinski definition) is 3. The first-order valence-corrected chi connectivity index (χ1v) is 8.61. The van der Waals surface area contributed by atoms with Gasteiger partial charge in [0.05, 0.1) is 11.8 Å². The summed E-state index contributed by atoms with van der Waals surface area (Å²) in [6.07, 6.45) is 3.68. The van der Waals surface area contributed by atoms with Crippen LogP contribution in [0, 0.1) is 6.92 Å². The van der Waals surface area contributed by atoms with Gasteiger partial charge in [-0.15, -0.1) is 0 Å². The van der Waals surface area contributed by atoms with E-state index < -0.39 is 0 Å². The Balaban J connectivity index is 2.15. The van der Waals surface area contributed by atoms with Crippen molar-refractivity contribution in [3.05, 3.63) is 27.7 Å². The van der Waals surface area contributed by atoms with Gasteiger partial charge < -0.3 is 10.4 Å². The third-order valence-electron chi connectivity index (χ3n) is 4.33. The average molecular weight is 369 g/mol. The van der Waals surface area contributed by atoms with Crippen LogP contribution in [0.15, 0.2) is 16.6 Å². The first-order chi connectivity index (χ1) is 10.4. The molecule has 1 saturated carbocycles. The van der Waals surface area contributed by atoms with Crippen molar-refractivity contribution in [3.63, 3.8) is 0 Å². The molecule has 5 heteroatoms. The van der Waals surface area contributed by atoms with Crippen LogP contribution in [-0.2, 0) is 11.3 Å². The highest BCUT2D eigenvalue weighted by atomic mass is 79.9. The first kappa shape index (κ1) is 17.4. The van der Waals surface area contributed by atoms with Crippen molar-refractivity contribution in [2.24, 2.45) is 0 Å². The highest BCUT2D eigenvalue weighted by molar-refractivity contribution is 9.10. The van der Waals surface area contributed by atoms with E-state index >= 15 is 0 Å². The predicted molar refractivity (Wildman–Crippen MR) is 92.9 cm³/mol. The van der Waals surface area contributed by atoms with Gasteiger partial charge in [-0.25, -0.2) is 0 Å². The summed E-state index contributed by atoms with van der Waals surface area (Å²) >= 11 is 3.55. The minimum Gasteiger partial charge on any atom is -0.393 e. The normalized spacial score (nSPS) is 21.9. The average Bonchev–Trinajstić information content (AvgIpc) is 2.43. The second-order valence-electron chi connectivity index (χ2n) is 6.34. The predicted octanol–water partition coefficient (Wildman–Crippen LogP) is 3.45. The summed E-state index contributed by atoms with van der Waals surface area (Å²) in [5.41, 5.74) is 3.15. The Morgan fingerprint density at radius 2 is 2.00 bits per heavy atom. The van der Waals surface area contributed by atoms with Crippen molar-refractivity contribution in [2.45, 2.75) is 58.2 Å². The molecule has 0 unspecified atom stereocenters. The van der Waals surface area contributed by atoms with E-state index in [9.17, 15) is 9.90 Å². The number of carbonyl (C=O) groups is 1. The molecular weight excluding hydrogens is 344 g/mol. The lowest BCUT2D eigenvalue weighted by Gasteiger charge is -2.33. The monoisotopic (exact) mass is 368 g/mol. The molecule has 0 aliphatic heterocycles. The number of aryl methyl sites for hydroxylation is 1. The molecule has 1 aromatic carbocycles. The van der Waals surface area contributed by atoms with E-state index in [1.54, 1.807) is 0 Å². The highest BCUT2D eigenvalue weighted by Gasteiger charge is 2.23. The van der Waals surface area contributed by atoms with E-state index in [1.165, 1.54) is 12.5 Å². The van der Waals surface area contributed by atoms with E-state index in [0.717, 1.165) is 48.0 Å². The molecule has 1 aromatic rings. The summed E-state index contributed by atoms with van der Waals surface area (Å²) in [6.45, 7) is 4.38. The molecule has 0 spiro atoms. The van der Waals surface area contributed by atoms with Gasteiger partial charge in [0.25, 0.3) is 0 Å². The molecule has 0 bridgehead atoms. The van der Waals surface area contributed by atoms with Gasteiger partial charge in [-0.1, -0.05) is 6.07 Å². The van der Waals surface area contributed by atoms with Gasteiger partial charge in [-0.2, -0.15) is 0 Å². The van der Waals surface area contributed by atoms with Gasteiger partial charge in [0, 0.05) is 24.0 Å². The molecule has 0 atom stereocenters. The molecule has 2 N–H and O–H groups in total. The van der Waals surface area contributed by atoms with E-state index in [0.29, 0.717) is 6.04 Å². The number of halogens is 1. The molecule has 0 radical (unpaired) electrons. The second-order valence-corrected chi connectivity index (χ2v) is 7.19. The van der Waals surface area contributed by atoms with Gasteiger partial charge >= 0.3 is 0 Å². The quantitative estimate of drug-likeness (QED) is 0.855. The van der Waals surface area contributed by atoms with E-state index in [2.05, 4.69) is 46.2 Å². The number of aliphatic hydroxyl groups is 1. The fraction of sp³-hybridized carbons (Fsp3) is 0.588. The molecule has 2 rings (SSSR count). The molecule has 1 fully saturated rings. The Morgan fingerprint density at radius 1 is 1.36 bits per heavy atom. The van der Waals surface area contributed by atoms with E-state index in [-0.39, 0.29) is 12.0 Å². The fourth-order valence-electron chi connectivity index (χ4n) is 3.15. The van der Waals surface area contributed by atoms with Crippen LogP contribution in [0.1, 0.15) is 43.7 Å². The molecule has 122 valence electrons. The Kier molecular flexibility index (Phi) is 6.01. The zero-order valence-electron chi connectivity index (χ0n) is 13.5. The maximum atomic E-state index is 11.5. The van der Waals surface area contributed by atoms with Crippen LogP contribution in [0.3, 0.4) is 0 Å². The van der Waals surface area contributed by atoms with Crippen molar-refractivity contribution in [3.8, 4) is 0 Å². The van der Waals surface area contributed by atoms with E-state index in [4.69, 9.17) is 0 Å². The molecule has 1 amide bonds. The zero-order chi connectivity index (χ0) is 16.3. The number of carbonyl (C=O) groups excluding carboxylic acids is 1. The minimum atomic E-state index is -0.132. The molecule has 22 heavy (non-hydrogen) atoms. The van der Waals surface area contributed by atoms with E-state index in [1.807, 2.05) is 6.07 Å². The maximum absolute atomic E-state index is 11.5. The molecule has 1 aliphatic rings. The minimum absolute atomic E-state index is 0.0609. The Morgan fingerprint density at radius 3 is 2.59 bits per heavy atom. The smallest absolute Gasteiger partial charge is 0.221 e. The van der Waals surface area contributed by atoms with Crippen LogP contribution in [0.2, 0.25) is 0 Å². The molecule has 0 aromatic heterocycles. The lowest BCUT2D eigenvalue weighted by atomic mass is 9.92. The number of benzene rings is 1. The molecular formula is C17H25BrN2O2. The zero-order valence-corrected chi connectivity index (χ0v) is 15.1. The number of nitrogens with zero attached hydrogens (tertiary/aromatic N) is 1. The van der Waals surface area contributed by atoms with Gasteiger partial charge in [0.1, 0.15) is 0 Å². The number of amides is 1. The van der Waals surface area contributed by atoms with Crippen molar-refractivity contribution in [2.75, 3.05) is 12.4 Å². The molecule has 0 heterocycles. The number of rotatable bonds is 4. The summed E-state index contributed by atoms with van der Waals surface area (Å²) in [5.74, 6) is -0.0609. The summed E-state index contributed by atoms with van der Waals surface area (Å²) in [6, 6.07) is 4.64. The Bertz CT molecular complexity index is 540. The third kappa shape index (κ3) is 4.54. The topological polar surface area (TPSA) is 52.6 Å². The number of nitrogens with one attached hydrogen (secondary N) is 1. The SMILES string of the molecule is CC(=O)Nc1c(Br)cc(C)cc1CN(C)[C@H]1CC[C@H](O)CC1. The fourth-order valence-corrected chi connectivity index (χ4v) is 3.87. The highest BCUT2D eigenvalue weighted by Crippen LogP contribution is 2.31. The summed E-state index contributed by atoms with van der Waals surface area (Å²) in [4.78, 5) is 13.8. The van der Waals surface area contributed by atoms with Crippen molar-refractivity contribution < 1.29 is 9.90 Å².